The zero-order valence-corrected chi connectivity index (χ0v) is 19.9. The van der Waals surface area contributed by atoms with Crippen LogP contribution >= 0.6 is 0 Å². The van der Waals surface area contributed by atoms with E-state index >= 15 is 0 Å². The molecule has 0 aliphatic rings. The minimum absolute atomic E-state index is 0.0423. The number of rotatable bonds is 11. The van der Waals surface area contributed by atoms with Crippen molar-refractivity contribution in [3.63, 3.8) is 0 Å². The third kappa shape index (κ3) is 10.7. The molecule has 13 heteroatoms. The van der Waals surface area contributed by atoms with E-state index in [1.54, 1.807) is 20.3 Å². The van der Waals surface area contributed by atoms with Gasteiger partial charge in [-0.3, -0.25) is 10.2 Å². The average Bonchev–Trinajstić information content (AvgIpc) is 3.33. The number of oxazole rings is 1. The number of nitrogens with zero attached hydrogens (tertiary/aromatic N) is 3. The number of likely N-dealkylation sites (N-methyl/N-ethyl adjacent to an activating group) is 2. The normalized spacial score (nSPS) is 12.0. The molecule has 0 aliphatic carbocycles. The Kier molecular flexibility index (Phi) is 12.0. The molecule has 192 valence electrons. The molecule has 2 rings (SSSR count). The van der Waals surface area contributed by atoms with Crippen molar-refractivity contribution in [2.75, 3.05) is 39.5 Å². The van der Waals surface area contributed by atoms with E-state index in [4.69, 9.17) is 9.83 Å². The molecule has 2 aromatic heterocycles. The van der Waals surface area contributed by atoms with Crippen molar-refractivity contribution in [2.45, 2.75) is 19.5 Å². The summed E-state index contributed by atoms with van der Waals surface area (Å²) in [6, 6.07) is 2.87. The number of aromatic nitrogens is 2. The summed E-state index contributed by atoms with van der Waals surface area (Å²) in [5.41, 5.74) is 1.26. The lowest BCUT2D eigenvalue weighted by molar-refractivity contribution is -0.115. The second-order valence-electron chi connectivity index (χ2n) is 7.36. The molecule has 2 heterocycles. The van der Waals surface area contributed by atoms with Crippen molar-refractivity contribution in [1.29, 1.82) is 5.41 Å². The number of carbonyl (C=O) groups is 2. The molecule has 0 amide bonds. The van der Waals surface area contributed by atoms with Gasteiger partial charge >= 0.3 is 6.18 Å². The van der Waals surface area contributed by atoms with Gasteiger partial charge in [0.15, 0.2) is 6.29 Å². The Balaban J connectivity index is 0.000000357. The molecule has 0 saturated carbocycles. The standard InChI is InChI=1S/C11H8F3N3O2.C11H22N4O/c12-11(13,14)6-16-9-3-7(1-2-15-9)10-17-8(4-18)5-19-10;1-9(8-16)5-6-15(4)11(12)10(14-3)7-13-2/h1-5H,6H2,(H,15,16);7-9,12-14H,5-6H2,1-4H3/b;10-7+,12-11?/t;9-/m.1/s1. The molecule has 0 radical (unpaired) electrons. The van der Waals surface area contributed by atoms with Crippen molar-refractivity contribution in [3.8, 4) is 11.5 Å². The number of alkyl halides is 3. The summed E-state index contributed by atoms with van der Waals surface area (Å²) in [4.78, 5) is 30.3. The number of aldehydes is 2. The molecule has 0 unspecified atom stereocenters. The van der Waals surface area contributed by atoms with Crippen LogP contribution in [-0.2, 0) is 4.79 Å². The molecule has 0 bridgehead atoms. The molecule has 35 heavy (non-hydrogen) atoms. The quantitative estimate of drug-likeness (QED) is 0.210. The Bertz CT molecular complexity index is 993. The Morgan fingerprint density at radius 3 is 2.57 bits per heavy atom. The zero-order valence-electron chi connectivity index (χ0n) is 19.9. The van der Waals surface area contributed by atoms with Crippen molar-refractivity contribution in [2.24, 2.45) is 5.92 Å². The smallest absolute Gasteiger partial charge is 0.405 e. The summed E-state index contributed by atoms with van der Waals surface area (Å²) in [5.74, 6) is 0.636. The molecule has 0 spiro atoms. The van der Waals surface area contributed by atoms with E-state index in [0.29, 0.717) is 24.2 Å². The number of anilines is 1. The SMILES string of the molecule is CN/C=C(/NC)C(=N)N(C)CC[C@@H](C)C=O.O=Cc1coc(-c2ccnc(NCC(F)(F)F)c2)n1. The van der Waals surface area contributed by atoms with E-state index in [0.717, 1.165) is 24.7 Å². The highest BCUT2D eigenvalue weighted by atomic mass is 19.4. The fraction of sp³-hybridized carbons (Fsp3) is 0.409. The van der Waals surface area contributed by atoms with Gasteiger partial charge < -0.3 is 30.1 Å². The van der Waals surface area contributed by atoms with Crippen LogP contribution in [0.1, 0.15) is 23.8 Å². The van der Waals surface area contributed by atoms with E-state index in [1.165, 1.54) is 18.3 Å². The number of amidine groups is 1. The largest absolute Gasteiger partial charge is 0.444 e. The molecule has 1 atom stereocenters. The lowest BCUT2D eigenvalue weighted by Gasteiger charge is -2.22. The predicted molar refractivity (Wildman–Crippen MR) is 126 cm³/mol. The fourth-order valence-corrected chi connectivity index (χ4v) is 2.51. The first-order valence-corrected chi connectivity index (χ1v) is 10.5. The van der Waals surface area contributed by atoms with Crippen LogP contribution in [0.3, 0.4) is 0 Å². The second kappa shape index (κ2) is 14.4. The first kappa shape index (κ1) is 29.1. The molecule has 0 aliphatic heterocycles. The van der Waals surface area contributed by atoms with Crippen LogP contribution in [0.5, 0.6) is 0 Å². The Morgan fingerprint density at radius 1 is 1.31 bits per heavy atom. The first-order chi connectivity index (χ1) is 16.5. The maximum absolute atomic E-state index is 12.1. The molecule has 0 fully saturated rings. The lowest BCUT2D eigenvalue weighted by Crippen LogP contribution is -2.34. The van der Waals surface area contributed by atoms with E-state index in [2.05, 4.69) is 25.9 Å². The summed E-state index contributed by atoms with van der Waals surface area (Å²) in [7, 11) is 5.42. The van der Waals surface area contributed by atoms with E-state index in [-0.39, 0.29) is 23.3 Å². The monoisotopic (exact) mass is 497 g/mol. The minimum Gasteiger partial charge on any atom is -0.444 e. The van der Waals surface area contributed by atoms with Crippen LogP contribution in [0, 0.1) is 11.3 Å². The molecule has 4 N–H and O–H groups in total. The van der Waals surface area contributed by atoms with Crippen molar-refractivity contribution >= 4 is 24.2 Å². The van der Waals surface area contributed by atoms with Crippen molar-refractivity contribution in [3.05, 3.63) is 42.2 Å². The molecule has 0 saturated heterocycles. The Labute approximate surface area is 201 Å². The zero-order chi connectivity index (χ0) is 26.4. The van der Waals surface area contributed by atoms with Gasteiger partial charge in [0.25, 0.3) is 0 Å². The van der Waals surface area contributed by atoms with E-state index in [9.17, 15) is 22.8 Å². The van der Waals surface area contributed by atoms with Crippen LogP contribution in [0.25, 0.3) is 11.5 Å². The van der Waals surface area contributed by atoms with E-state index < -0.39 is 12.7 Å². The van der Waals surface area contributed by atoms with Crippen LogP contribution in [0.4, 0.5) is 19.0 Å². The predicted octanol–water partition coefficient (Wildman–Crippen LogP) is 2.92. The topological polar surface area (TPSA) is 136 Å². The van der Waals surface area contributed by atoms with Crippen molar-refractivity contribution < 1.29 is 27.2 Å². The van der Waals surface area contributed by atoms with Gasteiger partial charge in [0.05, 0.1) is 5.70 Å². The summed E-state index contributed by atoms with van der Waals surface area (Å²) < 4.78 is 41.2. The maximum Gasteiger partial charge on any atom is 0.405 e. The van der Waals surface area contributed by atoms with Gasteiger partial charge in [-0.2, -0.15) is 13.2 Å². The number of hydrogen-bond donors (Lipinski definition) is 4. The highest BCUT2D eigenvalue weighted by molar-refractivity contribution is 5.94. The van der Waals surface area contributed by atoms with Crippen LogP contribution in [0.2, 0.25) is 0 Å². The first-order valence-electron chi connectivity index (χ1n) is 10.5. The number of carbonyl (C=O) groups excluding carboxylic acids is 2. The minimum atomic E-state index is -4.33. The summed E-state index contributed by atoms with van der Waals surface area (Å²) in [5, 5.41) is 15.9. The summed E-state index contributed by atoms with van der Waals surface area (Å²) >= 11 is 0. The Morgan fingerprint density at radius 2 is 2.03 bits per heavy atom. The highest BCUT2D eigenvalue weighted by Crippen LogP contribution is 2.21. The third-order valence-corrected chi connectivity index (χ3v) is 4.47. The Hall–Kier alpha value is -3.90. The van der Waals surface area contributed by atoms with Gasteiger partial charge in [0.2, 0.25) is 5.89 Å². The third-order valence-electron chi connectivity index (χ3n) is 4.47. The number of halogens is 3. The van der Waals surface area contributed by atoms with Crippen molar-refractivity contribution in [1.82, 2.24) is 25.5 Å². The highest BCUT2D eigenvalue weighted by Gasteiger charge is 2.26. The van der Waals surface area contributed by atoms with Gasteiger partial charge in [-0.15, -0.1) is 0 Å². The van der Waals surface area contributed by atoms with Crippen LogP contribution in [0.15, 0.2) is 40.9 Å². The second-order valence-corrected chi connectivity index (χ2v) is 7.36. The fourth-order valence-electron chi connectivity index (χ4n) is 2.51. The maximum atomic E-state index is 12.1. The van der Waals surface area contributed by atoms with Gasteiger partial charge in [-0.1, -0.05) is 6.92 Å². The number of hydrogen-bond acceptors (Lipinski definition) is 9. The van der Waals surface area contributed by atoms with Gasteiger partial charge in [-0.05, 0) is 18.6 Å². The molecular weight excluding hydrogens is 467 g/mol. The van der Waals surface area contributed by atoms with Gasteiger partial charge in [0.1, 0.15) is 36.4 Å². The summed E-state index contributed by atoms with van der Waals surface area (Å²) in [6.07, 6.45) is 2.10. The molecule has 10 nitrogen and oxygen atoms in total. The van der Waals surface area contributed by atoms with E-state index in [1.807, 2.05) is 18.9 Å². The molecule has 0 aromatic carbocycles. The average molecular weight is 498 g/mol. The molecular formula is C22H30F3N7O3. The number of nitrogens with one attached hydrogen (secondary N) is 4. The number of pyridine rings is 1. The van der Waals surface area contributed by atoms with Crippen LogP contribution in [-0.4, -0.2) is 73.7 Å². The lowest BCUT2D eigenvalue weighted by atomic mass is 10.1. The summed E-state index contributed by atoms with van der Waals surface area (Å²) in [6.45, 7) is 1.39. The van der Waals surface area contributed by atoms with Gasteiger partial charge in [0, 0.05) is 51.6 Å². The van der Waals surface area contributed by atoms with Crippen LogP contribution < -0.4 is 16.0 Å². The molecule has 2 aromatic rings. The van der Waals surface area contributed by atoms with Gasteiger partial charge in [-0.25, -0.2) is 9.97 Å².